The molecule has 1 aliphatic rings. The van der Waals surface area contributed by atoms with E-state index in [1.54, 1.807) is 10.9 Å². The molecule has 0 radical (unpaired) electrons. The molecule has 4 aromatic heterocycles. The van der Waals surface area contributed by atoms with Crippen molar-refractivity contribution < 1.29 is 9.53 Å². The molecule has 1 saturated carbocycles. The molecule has 0 unspecified atom stereocenters. The van der Waals surface area contributed by atoms with Crippen molar-refractivity contribution in [3.63, 3.8) is 0 Å². The normalized spacial score (nSPS) is 14.2. The number of fused-ring (bicyclic) bond motifs is 2. The van der Waals surface area contributed by atoms with Crippen LogP contribution in [0.25, 0.3) is 33.1 Å². The van der Waals surface area contributed by atoms with E-state index >= 15 is 0 Å². The number of hydrogen-bond donors (Lipinski definition) is 2. The maximum atomic E-state index is 12.9. The molecule has 1 aromatic carbocycles. The number of carbonyl (C=O) groups excluding carboxylic acids is 1. The number of ether oxygens (including phenoxy) is 1. The minimum absolute atomic E-state index is 0.269. The van der Waals surface area contributed by atoms with Gasteiger partial charge in [-0.3, -0.25) is 10.1 Å². The number of rotatable bonds is 7. The Morgan fingerprint density at radius 3 is 2.84 bits per heavy atom. The summed E-state index contributed by atoms with van der Waals surface area (Å²) in [6, 6.07) is 10.1. The summed E-state index contributed by atoms with van der Waals surface area (Å²) in [5, 5.41) is 17.8. The number of aromatic nitrogens is 7. The number of aromatic amines is 2. The van der Waals surface area contributed by atoms with Gasteiger partial charge in [-0.25, -0.2) is 9.48 Å². The van der Waals surface area contributed by atoms with Crippen molar-refractivity contribution in [2.75, 3.05) is 6.54 Å². The van der Waals surface area contributed by atoms with E-state index in [2.05, 4.69) is 36.5 Å². The van der Waals surface area contributed by atoms with Gasteiger partial charge in [0.1, 0.15) is 11.3 Å². The predicted molar refractivity (Wildman–Crippen MR) is 144 cm³/mol. The molecule has 1 aliphatic carbocycles. The molecule has 38 heavy (non-hydrogen) atoms. The molecule has 2 N–H and O–H groups in total. The summed E-state index contributed by atoms with van der Waals surface area (Å²) in [5.41, 5.74) is 5.00. The van der Waals surface area contributed by atoms with Crippen molar-refractivity contribution in [2.45, 2.75) is 58.7 Å². The lowest BCUT2D eigenvalue weighted by molar-refractivity contribution is 0.0171. The zero-order chi connectivity index (χ0) is 26.3. The standard InChI is InChI=1S/C28H32N8O2/c1-28(2,3)38-27(37)35(14-18-6-4-7-18)15-21-10-19-12-29-20(11-25(19)31-21)16-36-17-26(33-34-36)22-8-5-9-24-23(22)13-30-32-24/h5,8-13,17-18,31H,4,6-7,14-16H2,1-3H3,(H,30,32). The third-order valence-corrected chi connectivity index (χ3v) is 6.96. The summed E-state index contributed by atoms with van der Waals surface area (Å²) in [6.45, 7) is 7.39. The maximum Gasteiger partial charge on any atom is 0.410 e. The van der Waals surface area contributed by atoms with Crippen LogP contribution in [0.4, 0.5) is 4.79 Å². The first-order valence-electron chi connectivity index (χ1n) is 13.1. The number of hydrogen-bond acceptors (Lipinski definition) is 6. The molecule has 0 spiro atoms. The third kappa shape index (κ3) is 5.11. The van der Waals surface area contributed by atoms with Crippen LogP contribution in [-0.2, 0) is 17.8 Å². The van der Waals surface area contributed by atoms with E-state index in [1.165, 1.54) is 19.3 Å². The Bertz CT molecular complexity index is 1590. The highest BCUT2D eigenvalue weighted by Gasteiger charge is 2.27. The molecule has 0 atom stereocenters. The number of H-pyrrole nitrogens is 2. The number of nitrogens with zero attached hydrogens (tertiary/aromatic N) is 6. The zero-order valence-corrected chi connectivity index (χ0v) is 21.9. The van der Waals surface area contributed by atoms with Crippen LogP contribution in [0.15, 0.2) is 48.9 Å². The quantitative estimate of drug-likeness (QED) is 0.306. The van der Waals surface area contributed by atoms with Crippen LogP contribution in [-0.4, -0.2) is 58.3 Å². The first-order valence-corrected chi connectivity index (χ1v) is 13.1. The molecule has 196 valence electrons. The first-order chi connectivity index (χ1) is 18.3. The molecule has 0 bridgehead atoms. The Balaban J connectivity index is 1.18. The Morgan fingerprint density at radius 1 is 1.18 bits per heavy atom. The molecule has 6 rings (SSSR count). The van der Waals surface area contributed by atoms with Gasteiger partial charge in [0.05, 0.1) is 36.7 Å². The van der Waals surface area contributed by atoms with Crippen molar-refractivity contribution in [3.05, 3.63) is 60.3 Å². The van der Waals surface area contributed by atoms with Gasteiger partial charge in [0, 0.05) is 40.3 Å². The van der Waals surface area contributed by atoms with E-state index in [-0.39, 0.29) is 6.09 Å². The van der Waals surface area contributed by atoms with Crippen LogP contribution < -0.4 is 0 Å². The molecule has 1 amide bonds. The number of benzene rings is 1. The van der Waals surface area contributed by atoms with E-state index in [9.17, 15) is 4.79 Å². The van der Waals surface area contributed by atoms with E-state index in [0.717, 1.165) is 51.0 Å². The second kappa shape index (κ2) is 9.59. The van der Waals surface area contributed by atoms with Crippen molar-refractivity contribution in [2.24, 2.45) is 5.92 Å². The van der Waals surface area contributed by atoms with Crippen LogP contribution >= 0.6 is 0 Å². The van der Waals surface area contributed by atoms with Gasteiger partial charge in [-0.1, -0.05) is 23.8 Å². The van der Waals surface area contributed by atoms with Crippen LogP contribution in [0.5, 0.6) is 0 Å². The molecule has 10 heteroatoms. The molecule has 4 heterocycles. The van der Waals surface area contributed by atoms with Crippen LogP contribution in [0.3, 0.4) is 0 Å². The van der Waals surface area contributed by atoms with E-state index in [1.807, 2.05) is 62.3 Å². The van der Waals surface area contributed by atoms with Crippen LogP contribution in [0.2, 0.25) is 0 Å². The minimum atomic E-state index is -0.527. The number of pyridine rings is 1. The summed E-state index contributed by atoms with van der Waals surface area (Å²) in [6.07, 6.45) is 8.89. The summed E-state index contributed by atoms with van der Waals surface area (Å²) in [7, 11) is 0. The summed E-state index contributed by atoms with van der Waals surface area (Å²) in [4.78, 5) is 22.9. The van der Waals surface area contributed by atoms with Gasteiger partial charge in [0.2, 0.25) is 0 Å². The number of amides is 1. The van der Waals surface area contributed by atoms with E-state index < -0.39 is 5.60 Å². The highest BCUT2D eigenvalue weighted by Crippen LogP contribution is 2.29. The van der Waals surface area contributed by atoms with Crippen molar-refractivity contribution in [3.8, 4) is 11.3 Å². The second-order valence-electron chi connectivity index (χ2n) is 11.2. The smallest absolute Gasteiger partial charge is 0.410 e. The van der Waals surface area contributed by atoms with Crippen molar-refractivity contribution >= 4 is 27.9 Å². The number of nitrogens with one attached hydrogen (secondary N) is 2. The fourth-order valence-corrected chi connectivity index (χ4v) is 4.88. The molecule has 5 aromatic rings. The van der Waals surface area contributed by atoms with Crippen LogP contribution in [0, 0.1) is 5.92 Å². The Morgan fingerprint density at radius 2 is 2.05 bits per heavy atom. The fourth-order valence-electron chi connectivity index (χ4n) is 4.88. The molecule has 10 nitrogen and oxygen atoms in total. The van der Waals surface area contributed by atoms with Gasteiger partial charge in [0.15, 0.2) is 0 Å². The SMILES string of the molecule is CC(C)(C)OC(=O)N(Cc1cc2cnc(Cn3cc(-c4cccc5[nH]ncc45)nn3)cc2[nH]1)CC1CCC1. The molecule has 0 saturated heterocycles. The van der Waals surface area contributed by atoms with E-state index in [0.29, 0.717) is 19.0 Å². The highest BCUT2D eigenvalue weighted by molar-refractivity contribution is 5.93. The van der Waals surface area contributed by atoms with Gasteiger partial charge >= 0.3 is 6.09 Å². The van der Waals surface area contributed by atoms with Crippen molar-refractivity contribution in [1.29, 1.82) is 0 Å². The lowest BCUT2D eigenvalue weighted by atomic mass is 9.85. The molecular formula is C28H32N8O2. The molecule has 1 fully saturated rings. The van der Waals surface area contributed by atoms with Gasteiger partial charge in [-0.05, 0) is 57.7 Å². The minimum Gasteiger partial charge on any atom is -0.444 e. The maximum absolute atomic E-state index is 12.9. The topological polar surface area (TPSA) is 118 Å². The monoisotopic (exact) mass is 512 g/mol. The number of carbonyl (C=O) groups is 1. The second-order valence-corrected chi connectivity index (χ2v) is 11.2. The first kappa shape index (κ1) is 24.1. The third-order valence-electron chi connectivity index (χ3n) is 6.96. The van der Waals surface area contributed by atoms with Gasteiger partial charge in [-0.15, -0.1) is 5.10 Å². The van der Waals surface area contributed by atoms with Gasteiger partial charge in [0.25, 0.3) is 0 Å². The average Bonchev–Trinajstić information content (AvgIpc) is 3.58. The summed E-state index contributed by atoms with van der Waals surface area (Å²) >= 11 is 0. The Hall–Kier alpha value is -4.21. The predicted octanol–water partition coefficient (Wildman–Crippen LogP) is 5.28. The van der Waals surface area contributed by atoms with Crippen molar-refractivity contribution in [1.82, 2.24) is 40.1 Å². The summed E-state index contributed by atoms with van der Waals surface area (Å²) < 4.78 is 7.48. The fraction of sp³-hybridized carbons (Fsp3) is 0.393. The molecule has 0 aliphatic heterocycles. The van der Waals surface area contributed by atoms with Gasteiger partial charge < -0.3 is 14.6 Å². The Labute approximate surface area is 220 Å². The highest BCUT2D eigenvalue weighted by atomic mass is 16.6. The average molecular weight is 513 g/mol. The molecular weight excluding hydrogens is 480 g/mol. The Kier molecular flexibility index (Phi) is 6.09. The lowest BCUT2D eigenvalue weighted by Gasteiger charge is -2.33. The zero-order valence-electron chi connectivity index (χ0n) is 21.9. The van der Waals surface area contributed by atoms with E-state index in [4.69, 9.17) is 4.74 Å². The van der Waals surface area contributed by atoms with Crippen LogP contribution in [0.1, 0.15) is 51.4 Å². The largest absolute Gasteiger partial charge is 0.444 e. The lowest BCUT2D eigenvalue weighted by Crippen LogP contribution is -2.40. The van der Waals surface area contributed by atoms with Gasteiger partial charge in [-0.2, -0.15) is 5.10 Å². The summed E-state index contributed by atoms with van der Waals surface area (Å²) in [5.74, 6) is 0.549.